The molecule has 1 aliphatic heterocycles. The molecule has 1 aromatic rings. The molecule has 1 heterocycles. The van der Waals surface area contributed by atoms with E-state index in [4.69, 9.17) is 9.47 Å². The Hall–Kier alpha value is -1.64. The molecule has 0 spiro atoms. The third kappa shape index (κ3) is 7.77. The topological polar surface area (TPSA) is 58.1 Å². The molecule has 1 fully saturated rings. The first-order valence-corrected chi connectivity index (χ1v) is 9.84. The number of aliphatic imine (C=N–C) groups is 1. The summed E-state index contributed by atoms with van der Waals surface area (Å²) in [6.45, 7) is 7.80. The molecule has 0 atom stereocenters. The smallest absolute Gasteiger partial charge is 0.191 e. The average Bonchev–Trinajstić information content (AvgIpc) is 2.71. The van der Waals surface area contributed by atoms with Crippen LogP contribution in [-0.2, 0) is 0 Å². The Labute approximate surface area is 186 Å². The highest BCUT2D eigenvalue weighted by Gasteiger charge is 2.21. The Morgan fingerprint density at radius 1 is 1.18 bits per heavy atom. The highest BCUT2D eigenvalue weighted by atomic mass is 127. The number of guanidine groups is 1. The largest absolute Gasteiger partial charge is 0.497 e. The maximum absolute atomic E-state index is 5.40. The van der Waals surface area contributed by atoms with E-state index in [0.717, 1.165) is 68.6 Å². The predicted molar refractivity (Wildman–Crippen MR) is 129 cm³/mol. The average molecular weight is 502 g/mol. The lowest BCUT2D eigenvalue weighted by Crippen LogP contribution is -2.48. The molecule has 2 rings (SSSR count). The minimum atomic E-state index is 0. The number of methoxy groups -OCH3 is 2. The van der Waals surface area contributed by atoms with Crippen LogP contribution >= 0.6 is 24.0 Å². The van der Waals surface area contributed by atoms with Gasteiger partial charge in [-0.3, -0.25) is 4.99 Å². The van der Waals surface area contributed by atoms with Gasteiger partial charge in [-0.05, 0) is 33.1 Å². The van der Waals surface area contributed by atoms with Crippen LogP contribution in [0.1, 0.15) is 33.1 Å². The van der Waals surface area contributed by atoms with Crippen molar-refractivity contribution in [3.63, 3.8) is 0 Å². The van der Waals surface area contributed by atoms with E-state index in [9.17, 15) is 0 Å². The molecule has 0 aliphatic carbocycles. The van der Waals surface area contributed by atoms with Gasteiger partial charge in [0, 0.05) is 56.1 Å². The van der Waals surface area contributed by atoms with Gasteiger partial charge in [0.1, 0.15) is 11.5 Å². The maximum atomic E-state index is 5.40. The second-order valence-electron chi connectivity index (χ2n) is 6.59. The molecule has 1 aliphatic rings. The summed E-state index contributed by atoms with van der Waals surface area (Å²) >= 11 is 0. The second-order valence-corrected chi connectivity index (χ2v) is 6.59. The summed E-state index contributed by atoms with van der Waals surface area (Å²) in [5, 5.41) is 6.94. The minimum Gasteiger partial charge on any atom is -0.497 e. The van der Waals surface area contributed by atoms with E-state index >= 15 is 0 Å². The molecule has 0 amide bonds. The summed E-state index contributed by atoms with van der Waals surface area (Å²) in [6, 6.07) is 6.49. The Kier molecular flexibility index (Phi) is 11.8. The van der Waals surface area contributed by atoms with Crippen LogP contribution in [0.5, 0.6) is 11.5 Å². The molecule has 158 valence electrons. The zero-order valence-corrected chi connectivity index (χ0v) is 19.9. The number of piperidine rings is 1. The zero-order valence-electron chi connectivity index (χ0n) is 17.5. The number of ether oxygens (including phenoxy) is 2. The van der Waals surface area contributed by atoms with Crippen molar-refractivity contribution in [2.24, 2.45) is 4.99 Å². The van der Waals surface area contributed by atoms with Crippen molar-refractivity contribution in [2.45, 2.75) is 39.2 Å². The van der Waals surface area contributed by atoms with Crippen molar-refractivity contribution in [3.05, 3.63) is 30.4 Å². The first kappa shape index (κ1) is 24.4. The normalized spacial score (nSPS) is 15.3. The fourth-order valence-corrected chi connectivity index (χ4v) is 3.19. The fraction of sp³-hybridized carbons (Fsp3) is 0.571. The molecule has 0 unspecified atom stereocenters. The van der Waals surface area contributed by atoms with E-state index in [1.807, 2.05) is 13.0 Å². The number of nitrogens with zero attached hydrogens (tertiary/aromatic N) is 2. The van der Waals surface area contributed by atoms with Gasteiger partial charge in [-0.2, -0.15) is 0 Å². The molecule has 0 saturated carbocycles. The van der Waals surface area contributed by atoms with E-state index in [0.29, 0.717) is 6.04 Å². The van der Waals surface area contributed by atoms with Crippen LogP contribution in [0.25, 0.3) is 0 Å². The number of benzene rings is 1. The van der Waals surface area contributed by atoms with Crippen molar-refractivity contribution in [1.82, 2.24) is 10.6 Å². The van der Waals surface area contributed by atoms with Gasteiger partial charge in [-0.1, -0.05) is 12.2 Å². The van der Waals surface area contributed by atoms with Gasteiger partial charge in [0.25, 0.3) is 0 Å². The lowest BCUT2D eigenvalue weighted by molar-refractivity contribution is 0.393. The monoisotopic (exact) mass is 502 g/mol. The van der Waals surface area contributed by atoms with E-state index in [-0.39, 0.29) is 24.0 Å². The minimum absolute atomic E-state index is 0. The number of anilines is 1. The van der Waals surface area contributed by atoms with Crippen LogP contribution in [0.2, 0.25) is 0 Å². The molecule has 0 bridgehead atoms. The molecule has 1 saturated heterocycles. The third-order valence-corrected chi connectivity index (χ3v) is 4.68. The van der Waals surface area contributed by atoms with E-state index in [1.54, 1.807) is 14.2 Å². The summed E-state index contributed by atoms with van der Waals surface area (Å²) in [5.74, 6) is 2.57. The highest BCUT2D eigenvalue weighted by molar-refractivity contribution is 14.0. The van der Waals surface area contributed by atoms with Crippen LogP contribution in [0.3, 0.4) is 0 Å². The molecule has 28 heavy (non-hydrogen) atoms. The van der Waals surface area contributed by atoms with Crippen molar-refractivity contribution in [3.8, 4) is 11.5 Å². The quantitative estimate of drug-likeness (QED) is 0.186. The van der Waals surface area contributed by atoms with Crippen molar-refractivity contribution >= 4 is 35.6 Å². The lowest BCUT2D eigenvalue weighted by Gasteiger charge is -2.34. The summed E-state index contributed by atoms with van der Waals surface area (Å²) in [4.78, 5) is 7.05. The molecule has 0 radical (unpaired) electrons. The summed E-state index contributed by atoms with van der Waals surface area (Å²) in [6.07, 6.45) is 7.33. The Balaban J connectivity index is 0.00000392. The Morgan fingerprint density at radius 3 is 2.36 bits per heavy atom. The third-order valence-electron chi connectivity index (χ3n) is 4.68. The summed E-state index contributed by atoms with van der Waals surface area (Å²) in [7, 11) is 3.37. The van der Waals surface area contributed by atoms with Gasteiger partial charge < -0.3 is 25.0 Å². The fourth-order valence-electron chi connectivity index (χ4n) is 3.19. The zero-order chi connectivity index (χ0) is 19.5. The van der Waals surface area contributed by atoms with Crippen LogP contribution in [0, 0.1) is 0 Å². The van der Waals surface area contributed by atoms with Gasteiger partial charge in [-0.15, -0.1) is 24.0 Å². The van der Waals surface area contributed by atoms with Crippen molar-refractivity contribution in [1.29, 1.82) is 0 Å². The van der Waals surface area contributed by atoms with Gasteiger partial charge in [0.05, 0.1) is 14.2 Å². The predicted octanol–water partition coefficient (Wildman–Crippen LogP) is 3.81. The molecule has 0 aromatic heterocycles. The van der Waals surface area contributed by atoms with Crippen LogP contribution < -0.4 is 25.0 Å². The second kappa shape index (κ2) is 13.5. The number of hydrogen-bond acceptors (Lipinski definition) is 4. The summed E-state index contributed by atoms with van der Waals surface area (Å²) in [5.41, 5.74) is 1.15. The highest BCUT2D eigenvalue weighted by Crippen LogP contribution is 2.30. The number of halogens is 1. The van der Waals surface area contributed by atoms with Gasteiger partial charge in [0.15, 0.2) is 5.96 Å². The van der Waals surface area contributed by atoms with Gasteiger partial charge in [-0.25, -0.2) is 0 Å². The van der Waals surface area contributed by atoms with Crippen molar-refractivity contribution < 1.29 is 9.47 Å². The standard InChI is InChI=1S/C21H34N4O2.HI/c1-5-7-8-11-23-21(22-6-2)24-17-9-12-25(13-10-17)18-14-19(26-3)16-20(15-18)27-4;/h5,7,14-17H,6,8-13H2,1-4H3,(H2,22,23,24);1H/b7-5+;. The van der Waals surface area contributed by atoms with E-state index in [2.05, 4.69) is 51.7 Å². The van der Waals surface area contributed by atoms with Crippen LogP contribution in [0.4, 0.5) is 5.69 Å². The Bertz CT molecular complexity index is 607. The van der Waals surface area contributed by atoms with E-state index in [1.165, 1.54) is 0 Å². The first-order valence-electron chi connectivity index (χ1n) is 9.84. The van der Waals surface area contributed by atoms with E-state index < -0.39 is 0 Å². The Morgan fingerprint density at radius 2 is 1.82 bits per heavy atom. The van der Waals surface area contributed by atoms with Crippen LogP contribution in [0.15, 0.2) is 35.3 Å². The molecular formula is C21H35IN4O2. The number of rotatable bonds is 8. The maximum Gasteiger partial charge on any atom is 0.191 e. The van der Waals surface area contributed by atoms with Gasteiger partial charge in [0.2, 0.25) is 0 Å². The van der Waals surface area contributed by atoms with Gasteiger partial charge >= 0.3 is 0 Å². The number of nitrogens with one attached hydrogen (secondary N) is 2. The summed E-state index contributed by atoms with van der Waals surface area (Å²) < 4.78 is 10.8. The SMILES string of the molecule is C/C=C/CCN=C(NCC)NC1CCN(c2cc(OC)cc(OC)c2)CC1.I. The van der Waals surface area contributed by atoms with Crippen LogP contribution in [-0.4, -0.2) is 52.4 Å². The first-order chi connectivity index (χ1) is 13.2. The molecular weight excluding hydrogens is 467 g/mol. The lowest BCUT2D eigenvalue weighted by atomic mass is 10.0. The van der Waals surface area contributed by atoms with Crippen molar-refractivity contribution in [2.75, 3.05) is 45.3 Å². The molecule has 7 heteroatoms. The molecule has 1 aromatic carbocycles. The molecule has 6 nitrogen and oxygen atoms in total. The number of hydrogen-bond donors (Lipinski definition) is 2. The number of allylic oxidation sites excluding steroid dienone is 1. The molecule has 2 N–H and O–H groups in total.